The molecule has 6 nitrogen and oxygen atoms in total. The van der Waals surface area contributed by atoms with E-state index in [1.54, 1.807) is 48.8 Å². The van der Waals surface area contributed by atoms with Crippen LogP contribution in [0.25, 0.3) is 5.76 Å². The number of aliphatic hydroxyl groups excluding tert-OH is 1. The molecule has 1 saturated heterocycles. The Morgan fingerprint density at radius 3 is 2.35 bits per heavy atom. The molecule has 2 aromatic carbocycles. The lowest BCUT2D eigenvalue weighted by atomic mass is 9.96. The number of hydrogen-bond donors (Lipinski definition) is 1. The van der Waals surface area contributed by atoms with E-state index in [0.29, 0.717) is 35.1 Å². The van der Waals surface area contributed by atoms with Crippen LogP contribution in [0.5, 0.6) is 5.75 Å². The SMILES string of the molecule is CCc1ccc(N2C(=O)C(=O)/C(=C(\O)c3ccc(OCC(C)C)cc3)C2c2cccnc2)cc1. The Labute approximate surface area is 199 Å². The molecule has 34 heavy (non-hydrogen) atoms. The summed E-state index contributed by atoms with van der Waals surface area (Å²) in [5.74, 6) is -0.585. The number of nitrogens with zero attached hydrogens (tertiary/aromatic N) is 2. The molecule has 1 N–H and O–H groups in total. The first-order chi connectivity index (χ1) is 16.4. The molecular weight excluding hydrogens is 428 g/mol. The Kier molecular flexibility index (Phi) is 6.77. The van der Waals surface area contributed by atoms with Crippen LogP contribution in [-0.2, 0) is 16.0 Å². The van der Waals surface area contributed by atoms with Gasteiger partial charge in [-0.3, -0.25) is 19.5 Å². The average Bonchev–Trinajstić information content (AvgIpc) is 3.13. The fourth-order valence-electron chi connectivity index (χ4n) is 3.97. The third-order valence-electron chi connectivity index (χ3n) is 5.78. The van der Waals surface area contributed by atoms with Crippen molar-refractivity contribution in [3.8, 4) is 5.75 Å². The first kappa shape index (κ1) is 23.2. The maximum Gasteiger partial charge on any atom is 0.300 e. The first-order valence-electron chi connectivity index (χ1n) is 11.4. The molecular formula is C28H28N2O4. The summed E-state index contributed by atoms with van der Waals surface area (Å²) in [6, 6.07) is 17.1. The molecule has 4 rings (SSSR count). The van der Waals surface area contributed by atoms with Crippen LogP contribution in [0.2, 0.25) is 0 Å². The quantitative estimate of drug-likeness (QED) is 0.296. The molecule has 0 bridgehead atoms. The van der Waals surface area contributed by atoms with E-state index in [0.717, 1.165) is 12.0 Å². The lowest BCUT2D eigenvalue weighted by molar-refractivity contribution is -0.132. The van der Waals surface area contributed by atoms with Crippen molar-refractivity contribution in [2.75, 3.05) is 11.5 Å². The van der Waals surface area contributed by atoms with Gasteiger partial charge in [-0.25, -0.2) is 0 Å². The maximum atomic E-state index is 13.2. The molecule has 174 valence electrons. The van der Waals surface area contributed by atoms with Gasteiger partial charge in [0.15, 0.2) is 0 Å². The lowest BCUT2D eigenvalue weighted by Crippen LogP contribution is -2.29. The zero-order valence-corrected chi connectivity index (χ0v) is 19.6. The number of aromatic nitrogens is 1. The van der Waals surface area contributed by atoms with Crippen LogP contribution >= 0.6 is 0 Å². The van der Waals surface area contributed by atoms with Gasteiger partial charge in [0.2, 0.25) is 0 Å². The van der Waals surface area contributed by atoms with Crippen LogP contribution in [0, 0.1) is 5.92 Å². The molecule has 3 aromatic rings. The van der Waals surface area contributed by atoms with Gasteiger partial charge in [0.1, 0.15) is 11.5 Å². The van der Waals surface area contributed by atoms with E-state index in [1.165, 1.54) is 4.90 Å². The third-order valence-corrected chi connectivity index (χ3v) is 5.78. The summed E-state index contributed by atoms with van der Waals surface area (Å²) in [5, 5.41) is 11.2. The van der Waals surface area contributed by atoms with Gasteiger partial charge < -0.3 is 9.84 Å². The zero-order valence-electron chi connectivity index (χ0n) is 19.6. The second kappa shape index (κ2) is 9.91. The number of anilines is 1. The summed E-state index contributed by atoms with van der Waals surface area (Å²) in [6.07, 6.45) is 4.10. The van der Waals surface area contributed by atoms with E-state index in [2.05, 4.69) is 25.8 Å². The molecule has 0 aliphatic carbocycles. The van der Waals surface area contributed by atoms with Gasteiger partial charge in [0.05, 0.1) is 18.2 Å². The van der Waals surface area contributed by atoms with Crippen molar-refractivity contribution in [3.63, 3.8) is 0 Å². The summed E-state index contributed by atoms with van der Waals surface area (Å²) < 4.78 is 5.71. The van der Waals surface area contributed by atoms with Gasteiger partial charge in [0, 0.05) is 23.6 Å². The van der Waals surface area contributed by atoms with Gasteiger partial charge in [0.25, 0.3) is 11.7 Å². The smallest absolute Gasteiger partial charge is 0.300 e. The lowest BCUT2D eigenvalue weighted by Gasteiger charge is -2.25. The fourth-order valence-corrected chi connectivity index (χ4v) is 3.97. The summed E-state index contributed by atoms with van der Waals surface area (Å²) in [4.78, 5) is 32.0. The fraction of sp³-hybridized carbons (Fsp3) is 0.250. The number of ketones is 1. The predicted molar refractivity (Wildman–Crippen MR) is 132 cm³/mol. The van der Waals surface area contributed by atoms with Gasteiger partial charge in [-0.2, -0.15) is 0 Å². The van der Waals surface area contributed by atoms with Crippen LogP contribution < -0.4 is 9.64 Å². The number of benzene rings is 2. The number of pyridine rings is 1. The molecule has 1 amide bonds. The number of carbonyl (C=O) groups is 2. The van der Waals surface area contributed by atoms with E-state index in [4.69, 9.17) is 4.74 Å². The van der Waals surface area contributed by atoms with Crippen molar-refractivity contribution < 1.29 is 19.4 Å². The zero-order chi connectivity index (χ0) is 24.2. The topological polar surface area (TPSA) is 79.7 Å². The number of amides is 1. The molecule has 1 atom stereocenters. The molecule has 2 heterocycles. The number of aryl methyl sites for hydroxylation is 1. The second-order valence-electron chi connectivity index (χ2n) is 8.70. The molecule has 0 radical (unpaired) electrons. The molecule has 1 fully saturated rings. The predicted octanol–water partition coefficient (Wildman–Crippen LogP) is 5.31. The molecule has 6 heteroatoms. The van der Waals surface area contributed by atoms with Crippen LogP contribution in [-0.4, -0.2) is 28.4 Å². The minimum atomic E-state index is -0.793. The molecule has 0 spiro atoms. The number of aliphatic hydroxyl groups is 1. The van der Waals surface area contributed by atoms with Crippen molar-refractivity contribution in [1.29, 1.82) is 0 Å². The van der Waals surface area contributed by atoms with Crippen molar-refractivity contribution in [2.45, 2.75) is 33.2 Å². The van der Waals surface area contributed by atoms with Crippen LogP contribution in [0.3, 0.4) is 0 Å². The summed E-state index contributed by atoms with van der Waals surface area (Å²) >= 11 is 0. The Hall–Kier alpha value is -3.93. The molecule has 1 unspecified atom stereocenters. The highest BCUT2D eigenvalue weighted by atomic mass is 16.5. The number of ether oxygens (including phenoxy) is 1. The normalized spacial score (nSPS) is 17.4. The monoisotopic (exact) mass is 456 g/mol. The number of rotatable bonds is 7. The summed E-state index contributed by atoms with van der Waals surface area (Å²) in [6.45, 7) is 6.76. The van der Waals surface area contributed by atoms with E-state index < -0.39 is 17.7 Å². The van der Waals surface area contributed by atoms with Crippen LogP contribution in [0.4, 0.5) is 5.69 Å². The highest BCUT2D eigenvalue weighted by molar-refractivity contribution is 6.51. The summed E-state index contributed by atoms with van der Waals surface area (Å²) in [5.41, 5.74) is 2.82. The van der Waals surface area contributed by atoms with Gasteiger partial charge >= 0.3 is 0 Å². The van der Waals surface area contributed by atoms with Crippen molar-refractivity contribution in [3.05, 3.63) is 95.3 Å². The van der Waals surface area contributed by atoms with Crippen molar-refractivity contribution in [1.82, 2.24) is 4.98 Å². The Morgan fingerprint density at radius 1 is 1.06 bits per heavy atom. The van der Waals surface area contributed by atoms with E-state index in [9.17, 15) is 14.7 Å². The minimum absolute atomic E-state index is 0.0356. The van der Waals surface area contributed by atoms with Gasteiger partial charge in [-0.15, -0.1) is 0 Å². The van der Waals surface area contributed by atoms with E-state index in [-0.39, 0.29) is 11.3 Å². The summed E-state index contributed by atoms with van der Waals surface area (Å²) in [7, 11) is 0. The second-order valence-corrected chi connectivity index (χ2v) is 8.70. The molecule has 1 aromatic heterocycles. The Morgan fingerprint density at radius 2 is 1.76 bits per heavy atom. The Bertz CT molecular complexity index is 1200. The van der Waals surface area contributed by atoms with Crippen LogP contribution in [0.15, 0.2) is 78.6 Å². The minimum Gasteiger partial charge on any atom is -0.507 e. The van der Waals surface area contributed by atoms with Crippen molar-refractivity contribution in [2.24, 2.45) is 5.92 Å². The molecule has 1 aliphatic rings. The number of Topliss-reactive ketones (excluding diaryl/α,β-unsaturated/α-hetero) is 1. The van der Waals surface area contributed by atoms with Crippen LogP contribution in [0.1, 0.15) is 43.5 Å². The van der Waals surface area contributed by atoms with Crippen molar-refractivity contribution >= 4 is 23.1 Å². The highest BCUT2D eigenvalue weighted by Crippen LogP contribution is 2.42. The number of hydrogen-bond acceptors (Lipinski definition) is 5. The standard InChI is InChI=1S/C28H28N2O4/c1-4-19-7-11-22(12-8-19)30-25(21-6-5-15-29-16-21)24(27(32)28(30)33)26(31)20-9-13-23(14-10-20)34-17-18(2)3/h5-16,18,25,31H,4,17H2,1-3H3/b26-24-. The molecule has 1 aliphatic heterocycles. The van der Waals surface area contributed by atoms with Gasteiger partial charge in [-0.1, -0.05) is 39.0 Å². The highest BCUT2D eigenvalue weighted by Gasteiger charge is 2.47. The maximum absolute atomic E-state index is 13.2. The largest absolute Gasteiger partial charge is 0.507 e. The third kappa shape index (κ3) is 4.57. The number of carbonyl (C=O) groups excluding carboxylic acids is 2. The Balaban J connectivity index is 1.79. The first-order valence-corrected chi connectivity index (χ1v) is 11.4. The molecule has 0 saturated carbocycles. The van der Waals surface area contributed by atoms with Gasteiger partial charge in [-0.05, 0) is 65.9 Å². The van der Waals surface area contributed by atoms with E-state index >= 15 is 0 Å². The average molecular weight is 457 g/mol. The van der Waals surface area contributed by atoms with E-state index in [1.807, 2.05) is 24.3 Å².